The van der Waals surface area contributed by atoms with Crippen LogP contribution >= 0.6 is 11.6 Å². The van der Waals surface area contributed by atoms with E-state index in [9.17, 15) is 23.7 Å². The number of non-ortho nitro benzene ring substituents is 1. The summed E-state index contributed by atoms with van der Waals surface area (Å²) in [6, 6.07) is 6.14. The molecule has 23 heavy (non-hydrogen) atoms. The number of nitro groups is 1. The van der Waals surface area contributed by atoms with Gasteiger partial charge in [0, 0.05) is 12.1 Å². The summed E-state index contributed by atoms with van der Waals surface area (Å²) in [6.45, 7) is 1.59. The molecule has 0 saturated carbocycles. The summed E-state index contributed by atoms with van der Waals surface area (Å²) in [4.78, 5) is 22.2. The van der Waals surface area contributed by atoms with Gasteiger partial charge in [0.1, 0.15) is 0 Å². The summed E-state index contributed by atoms with van der Waals surface area (Å²) in [6.07, 6.45) is 0. The van der Waals surface area contributed by atoms with Crippen LogP contribution in [0.4, 0.5) is 14.5 Å². The third-order valence-corrected chi connectivity index (χ3v) is 3.51. The molecular weight excluding hydrogens is 330 g/mol. The van der Waals surface area contributed by atoms with E-state index < -0.39 is 28.5 Å². The Balaban J connectivity index is 2.18. The van der Waals surface area contributed by atoms with Crippen molar-refractivity contribution in [2.45, 2.75) is 13.0 Å². The summed E-state index contributed by atoms with van der Waals surface area (Å²) in [5.41, 5.74) is 0.183. The zero-order chi connectivity index (χ0) is 17.1. The van der Waals surface area contributed by atoms with Gasteiger partial charge in [0.15, 0.2) is 11.6 Å². The van der Waals surface area contributed by atoms with Crippen LogP contribution in [0, 0.1) is 21.7 Å². The maximum atomic E-state index is 13.2. The van der Waals surface area contributed by atoms with Crippen LogP contribution in [0.25, 0.3) is 0 Å². The van der Waals surface area contributed by atoms with Gasteiger partial charge >= 0.3 is 0 Å². The van der Waals surface area contributed by atoms with Crippen molar-refractivity contribution in [3.8, 4) is 0 Å². The lowest BCUT2D eigenvalue weighted by atomic mass is 10.1. The first-order chi connectivity index (χ1) is 10.8. The number of nitrogens with one attached hydrogen (secondary N) is 1. The molecule has 2 aromatic rings. The van der Waals surface area contributed by atoms with E-state index in [2.05, 4.69) is 5.32 Å². The van der Waals surface area contributed by atoms with Gasteiger partial charge in [0.2, 0.25) is 0 Å². The number of benzene rings is 2. The molecule has 0 aliphatic carbocycles. The minimum Gasteiger partial charge on any atom is -0.345 e. The lowest BCUT2D eigenvalue weighted by Gasteiger charge is -2.15. The average Bonchev–Trinajstić information content (AvgIpc) is 2.49. The Kier molecular flexibility index (Phi) is 4.90. The van der Waals surface area contributed by atoms with Crippen molar-refractivity contribution in [2.75, 3.05) is 0 Å². The molecule has 0 aliphatic rings. The molecule has 2 aromatic carbocycles. The van der Waals surface area contributed by atoms with Crippen molar-refractivity contribution in [3.63, 3.8) is 0 Å². The third-order valence-electron chi connectivity index (χ3n) is 3.20. The van der Waals surface area contributed by atoms with E-state index in [1.165, 1.54) is 12.1 Å². The Morgan fingerprint density at radius 3 is 2.48 bits per heavy atom. The van der Waals surface area contributed by atoms with Crippen LogP contribution < -0.4 is 5.32 Å². The Morgan fingerprint density at radius 2 is 1.91 bits per heavy atom. The van der Waals surface area contributed by atoms with E-state index in [1.54, 1.807) is 6.92 Å². The molecule has 0 aliphatic heterocycles. The van der Waals surface area contributed by atoms with Crippen molar-refractivity contribution in [3.05, 3.63) is 74.3 Å². The number of carbonyl (C=O) groups is 1. The monoisotopic (exact) mass is 340 g/mol. The van der Waals surface area contributed by atoms with Crippen LogP contribution in [0.2, 0.25) is 5.02 Å². The maximum absolute atomic E-state index is 13.2. The van der Waals surface area contributed by atoms with Crippen LogP contribution in [0.5, 0.6) is 0 Å². The topological polar surface area (TPSA) is 72.2 Å². The highest BCUT2D eigenvalue weighted by Gasteiger charge is 2.18. The number of rotatable bonds is 4. The number of nitrogens with zero attached hydrogens (tertiary/aromatic N) is 1. The second-order valence-corrected chi connectivity index (χ2v) is 5.20. The molecule has 0 fully saturated rings. The van der Waals surface area contributed by atoms with Crippen molar-refractivity contribution in [1.82, 2.24) is 5.32 Å². The summed E-state index contributed by atoms with van der Waals surface area (Å²) in [7, 11) is 0. The van der Waals surface area contributed by atoms with Gasteiger partial charge in [-0.25, -0.2) is 8.78 Å². The standard InChI is InChI=1S/C15H11ClF2N2O3/c1-8(9-2-5-13(17)14(18)6-9)19-15(21)11-4-3-10(20(22)23)7-12(11)16/h2-8H,1H3,(H,19,21). The Labute approximate surface area is 135 Å². The van der Waals surface area contributed by atoms with Gasteiger partial charge in [0.05, 0.1) is 21.6 Å². The van der Waals surface area contributed by atoms with E-state index in [4.69, 9.17) is 11.6 Å². The molecule has 8 heteroatoms. The molecule has 0 saturated heterocycles. The highest BCUT2D eigenvalue weighted by Crippen LogP contribution is 2.23. The number of nitro benzene ring substituents is 1. The van der Waals surface area contributed by atoms with E-state index in [0.717, 1.165) is 24.3 Å². The Hall–Kier alpha value is -2.54. The second kappa shape index (κ2) is 6.70. The average molecular weight is 341 g/mol. The van der Waals surface area contributed by atoms with Gasteiger partial charge in [-0.15, -0.1) is 0 Å². The number of halogens is 3. The van der Waals surface area contributed by atoms with Gasteiger partial charge in [-0.05, 0) is 30.7 Å². The Morgan fingerprint density at radius 1 is 1.22 bits per heavy atom. The van der Waals surface area contributed by atoms with Crippen molar-refractivity contribution in [2.24, 2.45) is 0 Å². The van der Waals surface area contributed by atoms with Crippen molar-refractivity contribution < 1.29 is 18.5 Å². The van der Waals surface area contributed by atoms with Crippen molar-refractivity contribution >= 4 is 23.2 Å². The smallest absolute Gasteiger partial charge is 0.270 e. The molecule has 0 radical (unpaired) electrons. The highest BCUT2D eigenvalue weighted by molar-refractivity contribution is 6.34. The number of carbonyl (C=O) groups excluding carboxylic acids is 1. The van der Waals surface area contributed by atoms with Gasteiger partial charge in [0.25, 0.3) is 11.6 Å². The van der Waals surface area contributed by atoms with Gasteiger partial charge in [-0.3, -0.25) is 14.9 Å². The molecule has 0 heterocycles. The molecule has 0 bridgehead atoms. The molecule has 5 nitrogen and oxygen atoms in total. The zero-order valence-corrected chi connectivity index (χ0v) is 12.6. The SMILES string of the molecule is CC(NC(=O)c1ccc([N+](=O)[O-])cc1Cl)c1ccc(F)c(F)c1. The summed E-state index contributed by atoms with van der Waals surface area (Å²) in [5, 5.41) is 13.1. The van der Waals surface area contributed by atoms with Crippen LogP contribution in [0.15, 0.2) is 36.4 Å². The first-order valence-electron chi connectivity index (χ1n) is 6.49. The van der Waals surface area contributed by atoms with Gasteiger partial charge in [-0.1, -0.05) is 17.7 Å². The van der Waals surface area contributed by atoms with E-state index in [1.807, 2.05) is 0 Å². The molecule has 0 aromatic heterocycles. The Bertz CT molecular complexity index is 783. The predicted molar refractivity (Wildman–Crippen MR) is 80.3 cm³/mol. The highest BCUT2D eigenvalue weighted by atomic mass is 35.5. The zero-order valence-electron chi connectivity index (χ0n) is 11.8. The third kappa shape index (κ3) is 3.81. The number of amides is 1. The maximum Gasteiger partial charge on any atom is 0.270 e. The first-order valence-corrected chi connectivity index (χ1v) is 6.87. The minimum absolute atomic E-state index is 0.0479. The molecule has 0 spiro atoms. The molecule has 2 rings (SSSR count). The predicted octanol–water partition coefficient (Wildman–Crippen LogP) is 4.02. The van der Waals surface area contributed by atoms with E-state index in [0.29, 0.717) is 5.56 Å². The normalized spacial score (nSPS) is 11.8. The molecule has 1 N–H and O–H groups in total. The molecular formula is C15H11ClF2N2O3. The quantitative estimate of drug-likeness (QED) is 0.675. The van der Waals surface area contributed by atoms with Crippen LogP contribution in [-0.2, 0) is 0 Å². The fourth-order valence-electron chi connectivity index (χ4n) is 1.94. The fourth-order valence-corrected chi connectivity index (χ4v) is 2.20. The molecule has 1 atom stereocenters. The van der Waals surface area contributed by atoms with Crippen LogP contribution in [-0.4, -0.2) is 10.8 Å². The lowest BCUT2D eigenvalue weighted by molar-refractivity contribution is -0.384. The minimum atomic E-state index is -1.02. The number of hydrogen-bond acceptors (Lipinski definition) is 3. The van der Waals surface area contributed by atoms with Crippen LogP contribution in [0.3, 0.4) is 0 Å². The van der Waals surface area contributed by atoms with Crippen molar-refractivity contribution in [1.29, 1.82) is 0 Å². The lowest BCUT2D eigenvalue weighted by Crippen LogP contribution is -2.27. The molecule has 120 valence electrons. The largest absolute Gasteiger partial charge is 0.345 e. The summed E-state index contributed by atoms with van der Waals surface area (Å²) < 4.78 is 26.1. The van der Waals surface area contributed by atoms with Crippen LogP contribution in [0.1, 0.15) is 28.9 Å². The second-order valence-electron chi connectivity index (χ2n) is 4.79. The van der Waals surface area contributed by atoms with Gasteiger partial charge in [-0.2, -0.15) is 0 Å². The summed E-state index contributed by atoms with van der Waals surface area (Å²) in [5.74, 6) is -2.58. The molecule has 1 unspecified atom stereocenters. The number of hydrogen-bond donors (Lipinski definition) is 1. The first kappa shape index (κ1) is 16.8. The molecule has 1 amide bonds. The van der Waals surface area contributed by atoms with E-state index >= 15 is 0 Å². The van der Waals surface area contributed by atoms with Gasteiger partial charge < -0.3 is 5.32 Å². The fraction of sp³-hybridized carbons (Fsp3) is 0.133. The summed E-state index contributed by atoms with van der Waals surface area (Å²) >= 11 is 5.87. The van der Waals surface area contributed by atoms with E-state index in [-0.39, 0.29) is 16.3 Å².